The minimum Gasteiger partial charge on any atom is -0.458 e. The number of hydrogen-bond acceptors (Lipinski definition) is 11. The zero-order valence-electron chi connectivity index (χ0n) is 28.1. The van der Waals surface area contributed by atoms with Crippen molar-refractivity contribution in [2.75, 3.05) is 0 Å². The Kier molecular flexibility index (Phi) is 11.0. The molecule has 11 nitrogen and oxygen atoms in total. The molecule has 2 aromatic rings. The molecule has 2 aliphatic rings. The molecule has 11 heteroatoms. The van der Waals surface area contributed by atoms with Gasteiger partial charge >= 0.3 is 23.9 Å². The van der Waals surface area contributed by atoms with Crippen molar-refractivity contribution >= 4 is 29.7 Å². The van der Waals surface area contributed by atoms with Crippen molar-refractivity contribution in [3.8, 4) is 0 Å². The smallest absolute Gasteiger partial charge is 0.340 e. The number of fused-ring (bicyclic) bond motifs is 1. The van der Waals surface area contributed by atoms with Gasteiger partial charge in [-0.05, 0) is 42.2 Å². The van der Waals surface area contributed by atoms with E-state index in [4.69, 9.17) is 18.9 Å². The molecule has 1 heterocycles. The van der Waals surface area contributed by atoms with Gasteiger partial charge in [0.1, 0.15) is 30.0 Å². The predicted octanol–water partition coefficient (Wildman–Crippen LogP) is 4.83. The number of aromatic nitrogens is 1. The molecule has 0 spiro atoms. The van der Waals surface area contributed by atoms with Crippen molar-refractivity contribution in [3.05, 3.63) is 90.3 Å². The normalized spacial score (nSPS) is 30.2. The molecule has 1 aromatic heterocycles. The number of pyridine rings is 1. The summed E-state index contributed by atoms with van der Waals surface area (Å²) in [5.74, 6) is -6.10. The fourth-order valence-electron chi connectivity index (χ4n) is 6.74. The summed E-state index contributed by atoms with van der Waals surface area (Å²) in [7, 11) is 0. The SMILES string of the molecule is C=C1C[C@@H](OC(C)=O)[C@@H](OC(=O)c2cccnc2)C(C)(C)C=C[C@H](C)C(=O)[C@@]2(O)C[C@H](C)[C@H](OC(=O)c3ccccc3)[C@@H]2[C@H]1OC(C)=O. The number of Topliss-reactive ketones (excluding diaryl/α,β-unsaturated/α-hetero) is 1. The van der Waals surface area contributed by atoms with Crippen LogP contribution in [0.5, 0.6) is 0 Å². The first-order valence-corrected chi connectivity index (χ1v) is 15.9. The van der Waals surface area contributed by atoms with Gasteiger partial charge in [-0.15, -0.1) is 0 Å². The predicted molar refractivity (Wildman–Crippen MR) is 173 cm³/mol. The number of ether oxygens (including phenoxy) is 4. The van der Waals surface area contributed by atoms with Crippen LogP contribution in [0.1, 0.15) is 75.1 Å². The number of carbonyl (C=O) groups is 5. The summed E-state index contributed by atoms with van der Waals surface area (Å²) >= 11 is 0. The molecule has 0 bridgehead atoms. The van der Waals surface area contributed by atoms with Crippen LogP contribution in [0, 0.1) is 23.2 Å². The summed E-state index contributed by atoms with van der Waals surface area (Å²) in [6, 6.07) is 11.4. The van der Waals surface area contributed by atoms with E-state index < -0.39 is 82.8 Å². The van der Waals surface area contributed by atoms with Crippen LogP contribution >= 0.6 is 0 Å². The Morgan fingerprint density at radius 2 is 1.52 bits per heavy atom. The lowest BCUT2D eigenvalue weighted by Gasteiger charge is -2.41. The molecule has 1 aromatic carbocycles. The third-order valence-electron chi connectivity index (χ3n) is 9.01. The van der Waals surface area contributed by atoms with Crippen molar-refractivity contribution in [3.63, 3.8) is 0 Å². The van der Waals surface area contributed by atoms with Gasteiger partial charge < -0.3 is 24.1 Å². The summed E-state index contributed by atoms with van der Waals surface area (Å²) in [6.45, 7) is 13.4. The van der Waals surface area contributed by atoms with Crippen LogP contribution in [0.3, 0.4) is 0 Å². The van der Waals surface area contributed by atoms with Crippen LogP contribution in [0.4, 0.5) is 0 Å². The highest BCUT2D eigenvalue weighted by Gasteiger charge is 2.62. The summed E-state index contributed by atoms with van der Waals surface area (Å²) in [4.78, 5) is 70.0. The second-order valence-electron chi connectivity index (χ2n) is 13.3. The molecule has 4 rings (SSSR count). The second-order valence-corrected chi connectivity index (χ2v) is 13.3. The minimum atomic E-state index is -2.11. The molecular weight excluding hydrogens is 618 g/mol. The third-order valence-corrected chi connectivity index (χ3v) is 9.01. The Bertz CT molecular complexity index is 1570. The van der Waals surface area contributed by atoms with Gasteiger partial charge in [0.05, 0.1) is 17.0 Å². The highest BCUT2D eigenvalue weighted by atomic mass is 16.6. The Balaban J connectivity index is 1.86. The van der Waals surface area contributed by atoms with E-state index in [0.717, 1.165) is 0 Å². The summed E-state index contributed by atoms with van der Waals surface area (Å²) < 4.78 is 23.6. The van der Waals surface area contributed by atoms with Gasteiger partial charge in [0.2, 0.25) is 0 Å². The van der Waals surface area contributed by atoms with E-state index >= 15 is 0 Å². The number of hydrogen-bond donors (Lipinski definition) is 1. The van der Waals surface area contributed by atoms with E-state index in [1.807, 2.05) is 0 Å². The topological polar surface area (TPSA) is 155 Å². The first-order valence-electron chi connectivity index (χ1n) is 15.9. The molecule has 0 unspecified atom stereocenters. The van der Waals surface area contributed by atoms with Crippen LogP contribution in [0.2, 0.25) is 0 Å². The standard InChI is InChI=1S/C37H43NO10/c1-21-15-16-36(6,7)33(48-35(43)27-14-11-17-38-20-27)28(45-24(4)39)18-22(2)30(46-25(5)40)29-31(23(3)19-37(29,44)32(21)41)47-34(42)26-12-9-8-10-13-26/h8-17,20-21,23,28-31,33,44H,2,18-19H2,1,3-7H3/t21-,23-,28+,29-,30-,31-,33+,37+/m0/s1. The lowest BCUT2D eigenvalue weighted by atomic mass is 9.73. The third kappa shape index (κ3) is 7.90. The molecule has 8 atom stereocenters. The fourth-order valence-corrected chi connectivity index (χ4v) is 6.74. The van der Waals surface area contributed by atoms with Crippen molar-refractivity contribution in [1.82, 2.24) is 4.98 Å². The molecule has 1 fully saturated rings. The Morgan fingerprint density at radius 3 is 2.12 bits per heavy atom. The van der Waals surface area contributed by atoms with Gasteiger partial charge in [-0.2, -0.15) is 0 Å². The van der Waals surface area contributed by atoms with Crippen molar-refractivity contribution in [2.45, 2.75) is 84.4 Å². The van der Waals surface area contributed by atoms with Crippen molar-refractivity contribution in [2.24, 2.45) is 23.2 Å². The summed E-state index contributed by atoms with van der Waals surface area (Å²) in [5.41, 5.74) is -2.58. The van der Waals surface area contributed by atoms with E-state index in [1.54, 1.807) is 76.2 Å². The van der Waals surface area contributed by atoms with Crippen LogP contribution in [0.25, 0.3) is 0 Å². The monoisotopic (exact) mass is 661 g/mol. The number of aliphatic hydroxyl groups is 1. The maximum Gasteiger partial charge on any atom is 0.340 e. The first kappa shape index (κ1) is 36.2. The maximum atomic E-state index is 14.2. The first-order chi connectivity index (χ1) is 22.5. The highest BCUT2D eigenvalue weighted by Crippen LogP contribution is 2.49. The quantitative estimate of drug-likeness (QED) is 0.257. The second kappa shape index (κ2) is 14.6. The van der Waals surface area contributed by atoms with Gasteiger partial charge in [0.25, 0.3) is 0 Å². The maximum absolute atomic E-state index is 14.2. The minimum absolute atomic E-state index is 0.0887. The molecular formula is C37H43NO10. The average Bonchev–Trinajstić information content (AvgIpc) is 3.29. The molecule has 2 aliphatic carbocycles. The van der Waals surface area contributed by atoms with Crippen LogP contribution < -0.4 is 0 Å². The van der Waals surface area contributed by atoms with Crippen LogP contribution in [-0.4, -0.2) is 69.8 Å². The van der Waals surface area contributed by atoms with Gasteiger partial charge in [-0.25, -0.2) is 9.59 Å². The summed E-state index contributed by atoms with van der Waals surface area (Å²) in [5, 5.41) is 12.3. The fraction of sp³-hybridized carbons (Fsp3) is 0.459. The van der Waals surface area contributed by atoms with Gasteiger partial charge in [-0.3, -0.25) is 19.4 Å². The Morgan fingerprint density at radius 1 is 0.896 bits per heavy atom. The van der Waals surface area contributed by atoms with Gasteiger partial charge in [0, 0.05) is 44.0 Å². The van der Waals surface area contributed by atoms with Gasteiger partial charge in [-0.1, -0.05) is 64.6 Å². The number of allylic oxidation sites excluding steroid dienone is 1. The molecule has 0 amide bonds. The number of ketones is 1. The van der Waals surface area contributed by atoms with E-state index in [-0.39, 0.29) is 29.5 Å². The average molecular weight is 662 g/mol. The molecule has 1 saturated carbocycles. The van der Waals surface area contributed by atoms with E-state index in [1.165, 1.54) is 32.3 Å². The van der Waals surface area contributed by atoms with Crippen molar-refractivity contribution < 1.29 is 48.0 Å². The van der Waals surface area contributed by atoms with Crippen molar-refractivity contribution in [1.29, 1.82) is 0 Å². The molecule has 0 radical (unpaired) electrons. The zero-order valence-corrected chi connectivity index (χ0v) is 28.1. The van der Waals surface area contributed by atoms with Gasteiger partial charge in [0.15, 0.2) is 5.78 Å². The number of nitrogens with zero attached hydrogens (tertiary/aromatic N) is 1. The Labute approximate surface area is 280 Å². The lowest BCUT2D eigenvalue weighted by molar-refractivity contribution is -0.166. The van der Waals surface area contributed by atoms with E-state index in [0.29, 0.717) is 0 Å². The number of rotatable bonds is 6. The van der Waals surface area contributed by atoms with Crippen LogP contribution in [-0.2, 0) is 33.3 Å². The molecule has 0 aliphatic heterocycles. The number of benzene rings is 1. The molecule has 1 N–H and O–H groups in total. The largest absolute Gasteiger partial charge is 0.458 e. The van der Waals surface area contributed by atoms with E-state index in [2.05, 4.69) is 11.6 Å². The zero-order chi connectivity index (χ0) is 35.4. The van der Waals surface area contributed by atoms with E-state index in [9.17, 15) is 29.1 Å². The molecule has 256 valence electrons. The Hall–Kier alpha value is -4.64. The van der Waals surface area contributed by atoms with Crippen LogP contribution in [0.15, 0.2) is 79.2 Å². The lowest BCUT2D eigenvalue weighted by Crippen LogP contribution is -2.54. The number of esters is 4. The number of carbonyl (C=O) groups excluding carboxylic acids is 5. The molecule has 48 heavy (non-hydrogen) atoms. The highest BCUT2D eigenvalue weighted by molar-refractivity contribution is 5.92. The molecule has 0 saturated heterocycles. The summed E-state index contributed by atoms with van der Waals surface area (Å²) in [6.07, 6.45) is 1.09.